The third kappa shape index (κ3) is 6.20. The van der Waals surface area contributed by atoms with Gasteiger partial charge in [0, 0.05) is 38.0 Å². The molecule has 10 nitrogen and oxygen atoms in total. The van der Waals surface area contributed by atoms with Crippen LogP contribution in [0.4, 0.5) is 4.79 Å². The van der Waals surface area contributed by atoms with Gasteiger partial charge in [0.25, 0.3) is 0 Å². The minimum Gasteiger partial charge on any atom is -0.458 e. The topological polar surface area (TPSA) is 124 Å². The number of carbonyl (C=O) groups excluding carboxylic acids is 4. The summed E-state index contributed by atoms with van der Waals surface area (Å²) < 4.78 is 39.1. The molecular weight excluding hydrogens is 661 g/mol. The summed E-state index contributed by atoms with van der Waals surface area (Å²) in [5, 5.41) is 0. The van der Waals surface area contributed by atoms with E-state index in [1.165, 1.54) is 13.8 Å². The van der Waals surface area contributed by atoms with Crippen LogP contribution >= 0.6 is 0 Å². The molecule has 4 rings (SSSR count). The van der Waals surface area contributed by atoms with Gasteiger partial charge in [0.2, 0.25) is 0 Å². The fourth-order valence-corrected chi connectivity index (χ4v) is 15.4. The average Bonchev–Trinajstić information content (AvgIpc) is 3.38. The predicted octanol–water partition coefficient (Wildman–Crippen LogP) is 7.82. The van der Waals surface area contributed by atoms with Crippen molar-refractivity contribution in [1.29, 1.82) is 0 Å². The number of rotatable bonds is 12. The molecule has 2 bridgehead atoms. The van der Waals surface area contributed by atoms with Gasteiger partial charge in [-0.05, 0) is 66.8 Å². The standard InChI is InChI=1S/C37H60O10Si2/c1-14-48(15-2,16-3)46-27-21-37-33(44-34(41)45-37)30-22(7)26(42-24(9)38)20-28(47-49(17-4,18-5)19-6)36(30,13)32(40)31(43-25(10)39)29(23(27)8)35(37,11)12/h26-28,30-31,33H,7,14-21H2,1-6,8-13H3/t26-,27-,28-,30-,31+,33-,36+,37+/m0/s1. The summed E-state index contributed by atoms with van der Waals surface area (Å²) in [4.78, 5) is 54.7. The SMILES string of the molecule is C=C1[C@@H](OC(C)=O)C[C@H](O[Si](CC)(CC)CC)[C@@]2(C)C(=O)[C@H](OC(C)=O)C3=C(C)[C@@H](O[Si](CC)(CC)CC)C[C@]4(OC(=O)O[C@H]4[C@H]12)C3(C)C. The lowest BCUT2D eigenvalue weighted by molar-refractivity contribution is -0.186. The molecule has 1 aliphatic heterocycles. The number of fused-ring (bicyclic) bond motifs is 3. The van der Waals surface area contributed by atoms with Gasteiger partial charge in [0.05, 0.1) is 17.6 Å². The van der Waals surface area contributed by atoms with E-state index in [0.29, 0.717) is 11.1 Å². The lowest BCUT2D eigenvalue weighted by Gasteiger charge is -2.61. The largest absolute Gasteiger partial charge is 0.509 e. The summed E-state index contributed by atoms with van der Waals surface area (Å²) in [7, 11) is -4.64. The Kier molecular flexibility index (Phi) is 11.3. The molecule has 3 fully saturated rings. The van der Waals surface area contributed by atoms with E-state index in [0.717, 1.165) is 41.8 Å². The molecule has 2 saturated carbocycles. The Hall–Kier alpha value is -2.29. The van der Waals surface area contributed by atoms with Crippen LogP contribution < -0.4 is 0 Å². The number of carbonyl (C=O) groups is 4. The maximum atomic E-state index is 15.6. The molecule has 8 atom stereocenters. The minimum absolute atomic E-state index is 0.192. The Morgan fingerprint density at radius 3 is 1.84 bits per heavy atom. The zero-order valence-corrected chi connectivity index (χ0v) is 33.9. The van der Waals surface area contributed by atoms with E-state index in [4.69, 9.17) is 27.8 Å². The van der Waals surface area contributed by atoms with Crippen LogP contribution in [0.5, 0.6) is 0 Å². The molecule has 0 N–H and O–H groups in total. The highest BCUT2D eigenvalue weighted by atomic mass is 28.4. The first kappa shape index (κ1) is 39.5. The number of Topliss-reactive ketones (excluding diaryl/α,β-unsaturated/α-hetero) is 1. The summed E-state index contributed by atoms with van der Waals surface area (Å²) in [6, 6.07) is 5.12. The first-order valence-electron chi connectivity index (χ1n) is 18.4. The third-order valence-corrected chi connectivity index (χ3v) is 22.5. The highest BCUT2D eigenvalue weighted by molar-refractivity contribution is 6.74. The minimum atomic E-state index is -2.40. The van der Waals surface area contributed by atoms with Crippen molar-refractivity contribution in [3.63, 3.8) is 0 Å². The lowest BCUT2D eigenvalue weighted by atomic mass is 9.47. The second kappa shape index (κ2) is 14.0. The van der Waals surface area contributed by atoms with E-state index in [-0.39, 0.29) is 18.6 Å². The Bertz CT molecular complexity index is 1360. The van der Waals surface area contributed by atoms with Crippen LogP contribution in [-0.4, -0.2) is 76.6 Å². The number of esters is 2. The van der Waals surface area contributed by atoms with Crippen molar-refractivity contribution in [2.24, 2.45) is 16.7 Å². The van der Waals surface area contributed by atoms with Crippen molar-refractivity contribution in [3.05, 3.63) is 23.3 Å². The van der Waals surface area contributed by atoms with Gasteiger partial charge in [0.15, 0.2) is 40.2 Å². The molecule has 1 heterocycles. The Balaban J connectivity index is 2.11. The van der Waals surface area contributed by atoms with Crippen molar-refractivity contribution in [3.8, 4) is 0 Å². The van der Waals surface area contributed by atoms with Crippen molar-refractivity contribution in [1.82, 2.24) is 0 Å². The van der Waals surface area contributed by atoms with Gasteiger partial charge in [-0.25, -0.2) is 4.79 Å². The molecular formula is C37H60O10Si2. The molecule has 0 aromatic heterocycles. The molecule has 0 aromatic rings. The first-order valence-corrected chi connectivity index (χ1v) is 23.4. The molecule has 49 heavy (non-hydrogen) atoms. The molecule has 276 valence electrons. The van der Waals surface area contributed by atoms with E-state index in [9.17, 15) is 14.4 Å². The zero-order valence-electron chi connectivity index (χ0n) is 31.9. The average molecular weight is 721 g/mol. The molecule has 3 aliphatic carbocycles. The fourth-order valence-electron chi connectivity index (χ4n) is 9.64. The summed E-state index contributed by atoms with van der Waals surface area (Å²) in [6.45, 7) is 27.6. The lowest BCUT2D eigenvalue weighted by Crippen LogP contribution is -2.71. The van der Waals surface area contributed by atoms with Crippen LogP contribution in [0.3, 0.4) is 0 Å². The van der Waals surface area contributed by atoms with Crippen molar-refractivity contribution < 1.29 is 47.0 Å². The Labute approximate surface area is 295 Å². The van der Waals surface area contributed by atoms with Crippen LogP contribution in [0.25, 0.3) is 0 Å². The van der Waals surface area contributed by atoms with Gasteiger partial charge in [0.1, 0.15) is 6.10 Å². The molecule has 0 amide bonds. The molecule has 4 aliphatic rings. The fraction of sp³-hybridized carbons (Fsp3) is 0.784. The maximum absolute atomic E-state index is 15.6. The monoisotopic (exact) mass is 720 g/mol. The highest BCUT2D eigenvalue weighted by Gasteiger charge is 2.75. The van der Waals surface area contributed by atoms with E-state index >= 15 is 4.79 Å². The summed E-state index contributed by atoms with van der Waals surface area (Å²) in [5.41, 5.74) is -1.94. The summed E-state index contributed by atoms with van der Waals surface area (Å²) in [5.74, 6) is -2.34. The van der Waals surface area contributed by atoms with Crippen LogP contribution in [0, 0.1) is 16.7 Å². The van der Waals surface area contributed by atoms with Crippen molar-refractivity contribution in [2.75, 3.05) is 0 Å². The van der Waals surface area contributed by atoms with Crippen LogP contribution in [0.2, 0.25) is 36.3 Å². The second-order valence-electron chi connectivity index (χ2n) is 15.4. The predicted molar refractivity (Wildman–Crippen MR) is 191 cm³/mol. The number of hydrogen-bond acceptors (Lipinski definition) is 10. The van der Waals surface area contributed by atoms with Crippen LogP contribution in [0.15, 0.2) is 23.3 Å². The smallest absolute Gasteiger partial charge is 0.458 e. The van der Waals surface area contributed by atoms with E-state index in [2.05, 4.69) is 48.1 Å². The molecule has 1 spiro atoms. The Morgan fingerprint density at radius 2 is 1.35 bits per heavy atom. The van der Waals surface area contributed by atoms with Gasteiger partial charge in [-0.15, -0.1) is 0 Å². The van der Waals surface area contributed by atoms with E-state index in [1.54, 1.807) is 0 Å². The van der Waals surface area contributed by atoms with Crippen molar-refractivity contribution in [2.45, 2.75) is 168 Å². The van der Waals surface area contributed by atoms with E-state index < -0.39 is 87.6 Å². The molecule has 1 saturated heterocycles. The molecule has 0 aromatic carbocycles. The first-order chi connectivity index (χ1) is 22.8. The molecule has 0 radical (unpaired) electrons. The van der Waals surface area contributed by atoms with Crippen LogP contribution in [0.1, 0.15) is 95.9 Å². The van der Waals surface area contributed by atoms with Gasteiger partial charge in [-0.1, -0.05) is 62.0 Å². The van der Waals surface area contributed by atoms with Crippen molar-refractivity contribution >= 4 is 40.5 Å². The third-order valence-electron chi connectivity index (χ3n) is 13.2. The van der Waals surface area contributed by atoms with Gasteiger partial charge >= 0.3 is 18.1 Å². The summed E-state index contributed by atoms with van der Waals surface area (Å²) >= 11 is 0. The highest BCUT2D eigenvalue weighted by Crippen LogP contribution is 2.64. The van der Waals surface area contributed by atoms with Crippen LogP contribution in [-0.2, 0) is 42.2 Å². The maximum Gasteiger partial charge on any atom is 0.509 e. The quantitative estimate of drug-likeness (QED) is 0.0853. The summed E-state index contributed by atoms with van der Waals surface area (Å²) in [6.07, 6.45) is -4.76. The number of hydrogen-bond donors (Lipinski definition) is 0. The second-order valence-corrected chi connectivity index (χ2v) is 24.9. The molecule has 0 unspecified atom stereocenters. The number of ketones is 1. The van der Waals surface area contributed by atoms with Gasteiger partial charge in [-0.3, -0.25) is 14.4 Å². The zero-order chi connectivity index (χ0) is 36.9. The number of ether oxygens (including phenoxy) is 4. The molecule has 12 heteroatoms. The van der Waals surface area contributed by atoms with E-state index in [1.807, 2.05) is 27.7 Å². The Morgan fingerprint density at radius 1 is 0.837 bits per heavy atom. The van der Waals surface area contributed by atoms with Gasteiger partial charge in [-0.2, -0.15) is 0 Å². The normalized spacial score (nSPS) is 34.2. The van der Waals surface area contributed by atoms with Gasteiger partial charge < -0.3 is 27.8 Å².